The molecule has 4 heteroatoms. The molecule has 4 nitrogen and oxygen atoms in total. The first-order valence-corrected chi connectivity index (χ1v) is 7.52. The number of amides is 1. The van der Waals surface area contributed by atoms with E-state index < -0.39 is 0 Å². The number of carbonyl (C=O) groups is 1. The number of para-hydroxylation sites is 1. The molecule has 0 aromatic heterocycles. The van der Waals surface area contributed by atoms with Gasteiger partial charge in [0.05, 0.1) is 0 Å². The van der Waals surface area contributed by atoms with E-state index in [1.54, 1.807) is 12.1 Å². The van der Waals surface area contributed by atoms with Gasteiger partial charge < -0.3 is 15.5 Å². The fraction of sp³-hybridized carbons (Fsp3) is 0.278. The predicted octanol–water partition coefficient (Wildman–Crippen LogP) is 2.75. The zero-order chi connectivity index (χ0) is 15.7. The first-order valence-electron chi connectivity index (χ1n) is 7.52. The summed E-state index contributed by atoms with van der Waals surface area (Å²) in [6, 6.07) is 15.6. The molecular weight excluding hydrogens is 274 g/mol. The van der Waals surface area contributed by atoms with Gasteiger partial charge in [-0.2, -0.15) is 0 Å². The quantitative estimate of drug-likeness (QED) is 0.823. The molecule has 1 amide bonds. The van der Waals surface area contributed by atoms with Crippen LogP contribution in [0.1, 0.15) is 22.8 Å². The number of fused-ring (bicyclic) bond motifs is 1. The Balaban J connectivity index is 1.95. The van der Waals surface area contributed by atoms with E-state index in [1.165, 1.54) is 11.3 Å². The lowest BCUT2D eigenvalue weighted by Crippen LogP contribution is -2.41. The SMILES string of the molecule is CC1CN(C)c2ccccc2CN1C(=O)c1cccc(N)c1. The van der Waals surface area contributed by atoms with Crippen molar-refractivity contribution in [3.8, 4) is 0 Å². The molecule has 1 heterocycles. The van der Waals surface area contributed by atoms with Crippen LogP contribution in [0.4, 0.5) is 11.4 Å². The normalized spacial score (nSPS) is 17.8. The van der Waals surface area contributed by atoms with E-state index in [9.17, 15) is 4.79 Å². The minimum atomic E-state index is 0.0323. The molecule has 2 aromatic rings. The Labute approximate surface area is 131 Å². The van der Waals surface area contributed by atoms with Crippen LogP contribution in [0.15, 0.2) is 48.5 Å². The maximum atomic E-state index is 12.9. The van der Waals surface area contributed by atoms with E-state index in [4.69, 9.17) is 5.73 Å². The molecule has 1 unspecified atom stereocenters. The van der Waals surface area contributed by atoms with Gasteiger partial charge in [-0.25, -0.2) is 0 Å². The van der Waals surface area contributed by atoms with Gasteiger partial charge in [0.1, 0.15) is 0 Å². The summed E-state index contributed by atoms with van der Waals surface area (Å²) in [5, 5.41) is 0. The highest BCUT2D eigenvalue weighted by Gasteiger charge is 2.27. The molecule has 0 saturated heterocycles. The molecule has 1 atom stereocenters. The van der Waals surface area contributed by atoms with Gasteiger partial charge in [0.2, 0.25) is 0 Å². The standard InChI is InChI=1S/C18H21N3O/c1-13-11-20(2)17-9-4-3-6-15(17)12-21(13)18(22)14-7-5-8-16(19)10-14/h3-10,13H,11-12,19H2,1-2H3. The molecule has 114 valence electrons. The largest absolute Gasteiger partial charge is 0.399 e. The summed E-state index contributed by atoms with van der Waals surface area (Å²) in [5.41, 5.74) is 9.44. The fourth-order valence-electron chi connectivity index (χ4n) is 3.06. The number of nitrogens with two attached hydrogens (primary N) is 1. The third kappa shape index (κ3) is 2.64. The van der Waals surface area contributed by atoms with Crippen LogP contribution in [0.3, 0.4) is 0 Å². The zero-order valence-electron chi connectivity index (χ0n) is 13.0. The Bertz CT molecular complexity index is 698. The Morgan fingerprint density at radius 3 is 2.73 bits per heavy atom. The molecule has 1 aliphatic rings. The monoisotopic (exact) mass is 295 g/mol. The average molecular weight is 295 g/mol. The number of anilines is 2. The summed E-state index contributed by atoms with van der Waals surface area (Å²) >= 11 is 0. The Morgan fingerprint density at radius 2 is 1.95 bits per heavy atom. The molecule has 1 aliphatic heterocycles. The van der Waals surface area contributed by atoms with Crippen LogP contribution in [0.5, 0.6) is 0 Å². The molecule has 0 spiro atoms. The van der Waals surface area contributed by atoms with Crippen molar-refractivity contribution in [2.24, 2.45) is 0 Å². The van der Waals surface area contributed by atoms with E-state index in [2.05, 4.69) is 31.0 Å². The molecule has 0 radical (unpaired) electrons. The highest BCUT2D eigenvalue weighted by molar-refractivity contribution is 5.95. The maximum Gasteiger partial charge on any atom is 0.254 e. The summed E-state index contributed by atoms with van der Waals surface area (Å²) in [4.78, 5) is 17.0. The van der Waals surface area contributed by atoms with Crippen molar-refractivity contribution in [2.75, 3.05) is 24.2 Å². The number of benzene rings is 2. The first-order chi connectivity index (χ1) is 10.6. The fourth-order valence-corrected chi connectivity index (χ4v) is 3.06. The lowest BCUT2D eigenvalue weighted by atomic mass is 10.1. The number of likely N-dealkylation sites (N-methyl/N-ethyl adjacent to an activating group) is 1. The molecule has 22 heavy (non-hydrogen) atoms. The van der Waals surface area contributed by atoms with Crippen LogP contribution in [0.25, 0.3) is 0 Å². The van der Waals surface area contributed by atoms with Gasteiger partial charge in [-0.3, -0.25) is 4.79 Å². The summed E-state index contributed by atoms with van der Waals surface area (Å²) in [6.07, 6.45) is 0. The van der Waals surface area contributed by atoms with Crippen LogP contribution in [-0.2, 0) is 6.54 Å². The molecule has 0 aliphatic carbocycles. The van der Waals surface area contributed by atoms with Gasteiger partial charge in [-0.15, -0.1) is 0 Å². The van der Waals surface area contributed by atoms with E-state index >= 15 is 0 Å². The van der Waals surface area contributed by atoms with Crippen LogP contribution < -0.4 is 10.6 Å². The van der Waals surface area contributed by atoms with Crippen molar-refractivity contribution in [3.63, 3.8) is 0 Å². The second kappa shape index (κ2) is 5.72. The second-order valence-corrected chi connectivity index (χ2v) is 5.92. The first kappa shape index (κ1) is 14.4. The molecule has 0 bridgehead atoms. The van der Waals surface area contributed by atoms with Gasteiger partial charge in [-0.1, -0.05) is 24.3 Å². The topological polar surface area (TPSA) is 49.6 Å². The summed E-state index contributed by atoms with van der Waals surface area (Å²) < 4.78 is 0. The zero-order valence-corrected chi connectivity index (χ0v) is 13.0. The summed E-state index contributed by atoms with van der Waals surface area (Å²) in [6.45, 7) is 3.52. The van der Waals surface area contributed by atoms with E-state index in [1.807, 2.05) is 29.2 Å². The van der Waals surface area contributed by atoms with E-state index in [-0.39, 0.29) is 11.9 Å². The van der Waals surface area contributed by atoms with E-state index in [0.29, 0.717) is 17.8 Å². The Morgan fingerprint density at radius 1 is 1.18 bits per heavy atom. The Kier molecular flexibility index (Phi) is 3.75. The third-order valence-electron chi connectivity index (χ3n) is 4.21. The number of nitrogens with zero attached hydrogens (tertiary/aromatic N) is 2. The van der Waals surface area contributed by atoms with Gasteiger partial charge in [0, 0.05) is 43.1 Å². The van der Waals surface area contributed by atoms with Crippen molar-refractivity contribution in [1.82, 2.24) is 4.90 Å². The Hall–Kier alpha value is -2.49. The van der Waals surface area contributed by atoms with Crippen molar-refractivity contribution in [1.29, 1.82) is 0 Å². The van der Waals surface area contributed by atoms with Crippen molar-refractivity contribution < 1.29 is 4.79 Å². The molecule has 0 fully saturated rings. The summed E-state index contributed by atoms with van der Waals surface area (Å²) in [7, 11) is 2.07. The third-order valence-corrected chi connectivity index (χ3v) is 4.21. The lowest BCUT2D eigenvalue weighted by molar-refractivity contribution is 0.0687. The molecule has 2 N–H and O–H groups in total. The summed E-state index contributed by atoms with van der Waals surface area (Å²) in [5.74, 6) is 0.0323. The predicted molar refractivity (Wildman–Crippen MR) is 89.9 cm³/mol. The molecule has 2 aromatic carbocycles. The minimum absolute atomic E-state index is 0.0323. The number of carbonyl (C=O) groups excluding carboxylic acids is 1. The average Bonchev–Trinajstić information content (AvgIpc) is 2.63. The maximum absolute atomic E-state index is 12.9. The van der Waals surface area contributed by atoms with Gasteiger partial charge >= 0.3 is 0 Å². The number of nitrogen functional groups attached to an aromatic ring is 1. The second-order valence-electron chi connectivity index (χ2n) is 5.92. The van der Waals surface area contributed by atoms with Crippen molar-refractivity contribution >= 4 is 17.3 Å². The van der Waals surface area contributed by atoms with Crippen LogP contribution in [-0.4, -0.2) is 30.4 Å². The molecule has 3 rings (SSSR count). The minimum Gasteiger partial charge on any atom is -0.399 e. The van der Waals surface area contributed by atoms with Crippen molar-refractivity contribution in [2.45, 2.75) is 19.5 Å². The smallest absolute Gasteiger partial charge is 0.254 e. The van der Waals surface area contributed by atoms with Crippen LogP contribution >= 0.6 is 0 Å². The molecular formula is C18H21N3O. The van der Waals surface area contributed by atoms with Gasteiger partial charge in [0.15, 0.2) is 0 Å². The lowest BCUT2D eigenvalue weighted by Gasteiger charge is -2.28. The van der Waals surface area contributed by atoms with Gasteiger partial charge in [0.25, 0.3) is 5.91 Å². The van der Waals surface area contributed by atoms with E-state index in [0.717, 1.165) is 6.54 Å². The highest BCUT2D eigenvalue weighted by Crippen LogP contribution is 2.27. The van der Waals surface area contributed by atoms with Gasteiger partial charge in [-0.05, 0) is 36.8 Å². The highest BCUT2D eigenvalue weighted by atomic mass is 16.2. The molecule has 0 saturated carbocycles. The van der Waals surface area contributed by atoms with Crippen LogP contribution in [0, 0.1) is 0 Å². The van der Waals surface area contributed by atoms with Crippen LogP contribution in [0.2, 0.25) is 0 Å². The van der Waals surface area contributed by atoms with Crippen molar-refractivity contribution in [3.05, 3.63) is 59.7 Å². The number of rotatable bonds is 1. The number of hydrogen-bond donors (Lipinski definition) is 1. The number of hydrogen-bond acceptors (Lipinski definition) is 3.